The molecule has 6 rings (SSSR count). The minimum absolute atomic E-state index is 0.0579. The molecule has 55 heavy (non-hydrogen) atoms. The number of methoxy groups -OCH3 is 3. The molecule has 290 valence electrons. The lowest BCUT2D eigenvalue weighted by atomic mass is 10.2. The van der Waals surface area contributed by atoms with Crippen LogP contribution in [0.1, 0.15) is 23.1 Å². The fourth-order valence-corrected chi connectivity index (χ4v) is 10.6. The molecule has 2 N–H and O–H groups in total. The molecule has 16 nitrogen and oxygen atoms in total. The summed E-state index contributed by atoms with van der Waals surface area (Å²) in [5, 5.41) is 22.4. The van der Waals surface area contributed by atoms with Crippen LogP contribution in [0.2, 0.25) is 0 Å². The lowest BCUT2D eigenvalue weighted by Crippen LogP contribution is -2.39. The first-order valence-electron chi connectivity index (χ1n) is 16.8. The molecule has 1 fully saturated rings. The van der Waals surface area contributed by atoms with Crippen LogP contribution in [-0.2, 0) is 39.7 Å². The molecule has 0 saturated carbocycles. The predicted octanol–water partition coefficient (Wildman–Crippen LogP) is 4.44. The first-order chi connectivity index (χ1) is 26.3. The normalized spacial score (nSPS) is 14.6. The molecule has 1 aliphatic rings. The number of rotatable bonds is 15. The Hall–Kier alpha value is -4.83. The van der Waals surface area contributed by atoms with Crippen molar-refractivity contribution in [2.45, 2.75) is 41.9 Å². The first kappa shape index (κ1) is 39.9. The summed E-state index contributed by atoms with van der Waals surface area (Å²) in [6.45, 7) is -0.105. The van der Waals surface area contributed by atoms with E-state index in [1.807, 2.05) is 34.7 Å². The molecular formula is C36H38IN7O9S2. The third-order valence-corrected chi connectivity index (χ3v) is 13.4. The number of benzene rings is 4. The van der Waals surface area contributed by atoms with E-state index in [2.05, 4.69) is 20.1 Å². The summed E-state index contributed by atoms with van der Waals surface area (Å²) in [5.74, 6) is 1.70. The fourth-order valence-electron chi connectivity index (χ4n) is 6.06. The van der Waals surface area contributed by atoms with Crippen molar-refractivity contribution in [3.05, 3.63) is 105 Å². The van der Waals surface area contributed by atoms with Crippen molar-refractivity contribution >= 4 is 48.7 Å². The molecule has 1 amide bonds. The van der Waals surface area contributed by atoms with Crippen LogP contribution in [-0.4, -0.2) is 97.9 Å². The van der Waals surface area contributed by atoms with Gasteiger partial charge in [0.25, 0.3) is 0 Å². The SMILES string of the molecule is COc1ccc(CN(Cc2ccc(OC)cc2)S(=O)(=O)c2c(S(=O)(=O)N[C@H]3CCN(C(=O)O)C3)ccc(I)c2-c2nnn(Cc3ccc(OC)cc3)n2)cc1. The van der Waals surface area contributed by atoms with Crippen LogP contribution in [0.3, 0.4) is 0 Å². The van der Waals surface area contributed by atoms with Crippen molar-refractivity contribution in [3.8, 4) is 28.6 Å². The minimum Gasteiger partial charge on any atom is -0.497 e. The monoisotopic (exact) mass is 903 g/mol. The average Bonchev–Trinajstić information content (AvgIpc) is 3.85. The lowest BCUT2D eigenvalue weighted by molar-refractivity contribution is 0.155. The summed E-state index contributed by atoms with van der Waals surface area (Å²) in [7, 11) is -4.75. The van der Waals surface area contributed by atoms with Gasteiger partial charge >= 0.3 is 6.09 Å². The van der Waals surface area contributed by atoms with Gasteiger partial charge in [0.05, 0.1) is 33.4 Å². The molecule has 0 radical (unpaired) electrons. The van der Waals surface area contributed by atoms with Crippen molar-refractivity contribution in [2.75, 3.05) is 34.4 Å². The number of hydrogen-bond donors (Lipinski definition) is 2. The van der Waals surface area contributed by atoms with E-state index in [-0.39, 0.29) is 50.5 Å². The number of nitrogens with zero attached hydrogens (tertiary/aromatic N) is 6. The molecule has 1 atom stereocenters. The van der Waals surface area contributed by atoms with Crippen molar-refractivity contribution in [2.24, 2.45) is 0 Å². The van der Waals surface area contributed by atoms with E-state index in [1.54, 1.807) is 67.8 Å². The second-order valence-corrected chi connectivity index (χ2v) is 17.3. The number of carbonyl (C=O) groups is 1. The highest BCUT2D eigenvalue weighted by Crippen LogP contribution is 2.38. The van der Waals surface area contributed by atoms with Gasteiger partial charge in [0, 0.05) is 35.8 Å². The van der Waals surface area contributed by atoms with Crippen LogP contribution in [0.4, 0.5) is 4.79 Å². The number of likely N-dealkylation sites (tertiary alicyclic amines) is 1. The van der Waals surface area contributed by atoms with E-state index in [1.165, 1.54) is 35.5 Å². The summed E-state index contributed by atoms with van der Waals surface area (Å²) in [4.78, 5) is 12.9. The fraction of sp³-hybridized carbons (Fsp3) is 0.278. The summed E-state index contributed by atoms with van der Waals surface area (Å²) in [6, 6.07) is 22.8. The maximum Gasteiger partial charge on any atom is 0.407 e. The number of amides is 1. The van der Waals surface area contributed by atoms with Gasteiger partial charge in [-0.1, -0.05) is 36.4 Å². The summed E-state index contributed by atoms with van der Waals surface area (Å²) in [6.07, 6.45) is -0.981. The Kier molecular flexibility index (Phi) is 12.2. The third kappa shape index (κ3) is 9.18. The molecule has 0 unspecified atom stereocenters. The van der Waals surface area contributed by atoms with Crippen LogP contribution in [0.25, 0.3) is 11.4 Å². The van der Waals surface area contributed by atoms with Gasteiger partial charge in [0.15, 0.2) is 0 Å². The average molecular weight is 904 g/mol. The van der Waals surface area contributed by atoms with E-state index in [4.69, 9.17) is 14.2 Å². The van der Waals surface area contributed by atoms with Crippen LogP contribution in [0, 0.1) is 3.57 Å². The zero-order chi connectivity index (χ0) is 39.3. The second kappa shape index (κ2) is 16.9. The molecule has 2 heterocycles. The number of ether oxygens (including phenoxy) is 3. The van der Waals surface area contributed by atoms with E-state index >= 15 is 8.42 Å². The summed E-state index contributed by atoms with van der Waals surface area (Å²) < 4.78 is 79.3. The van der Waals surface area contributed by atoms with Crippen LogP contribution >= 0.6 is 22.6 Å². The van der Waals surface area contributed by atoms with E-state index < -0.39 is 42.0 Å². The summed E-state index contributed by atoms with van der Waals surface area (Å²) >= 11 is 1.93. The molecule has 1 saturated heterocycles. The van der Waals surface area contributed by atoms with Crippen molar-refractivity contribution in [1.82, 2.24) is 34.1 Å². The molecule has 5 aromatic rings. The van der Waals surface area contributed by atoms with Crippen molar-refractivity contribution < 1.29 is 40.9 Å². The Labute approximate surface area is 332 Å². The van der Waals surface area contributed by atoms with Crippen LogP contribution in [0.5, 0.6) is 17.2 Å². The highest BCUT2D eigenvalue weighted by atomic mass is 127. The van der Waals surface area contributed by atoms with Gasteiger partial charge in [-0.15, -0.1) is 10.2 Å². The zero-order valence-electron chi connectivity index (χ0n) is 30.0. The number of sulfonamides is 2. The van der Waals surface area contributed by atoms with E-state index in [0.717, 1.165) is 10.5 Å². The number of nitrogens with one attached hydrogen (secondary N) is 1. The third-order valence-electron chi connectivity index (χ3n) is 8.93. The number of hydrogen-bond acceptors (Lipinski definition) is 11. The van der Waals surface area contributed by atoms with Gasteiger partial charge in [-0.3, -0.25) is 0 Å². The Morgan fingerprint density at radius 3 is 1.85 bits per heavy atom. The van der Waals surface area contributed by atoms with E-state index in [0.29, 0.717) is 31.9 Å². The van der Waals surface area contributed by atoms with Crippen molar-refractivity contribution in [3.63, 3.8) is 0 Å². The van der Waals surface area contributed by atoms with Crippen LogP contribution in [0.15, 0.2) is 94.7 Å². The molecule has 4 aromatic carbocycles. The Balaban J connectivity index is 1.49. The highest BCUT2D eigenvalue weighted by molar-refractivity contribution is 14.1. The van der Waals surface area contributed by atoms with Gasteiger partial charge < -0.3 is 24.2 Å². The molecule has 1 aromatic heterocycles. The van der Waals surface area contributed by atoms with Gasteiger partial charge in [-0.2, -0.15) is 9.10 Å². The Morgan fingerprint density at radius 1 is 0.836 bits per heavy atom. The summed E-state index contributed by atoms with van der Waals surface area (Å²) in [5.41, 5.74) is 1.97. The number of tetrazole rings is 1. The molecular weight excluding hydrogens is 865 g/mol. The first-order valence-corrected chi connectivity index (χ1v) is 20.8. The molecule has 0 spiro atoms. The largest absolute Gasteiger partial charge is 0.497 e. The van der Waals surface area contributed by atoms with Gasteiger partial charge in [0.2, 0.25) is 25.9 Å². The second-order valence-electron chi connectivity index (χ2n) is 12.5. The maximum atomic E-state index is 15.3. The standard InChI is InChI=1S/C36H38IN7O9S2/c1-51-28-10-4-24(5-11-28)20-43(21-25-6-12-29(52-2)13-7-25)55(49,50)34-32(54(47,48)40-27-18-19-42(23-27)36(45)46)17-16-31(37)33(34)35-38-41-44(39-35)22-26-8-14-30(53-3)15-9-26/h4-17,27,40H,18-23H2,1-3H3,(H,45,46)/t27-/m0/s1. The predicted molar refractivity (Wildman–Crippen MR) is 209 cm³/mol. The van der Waals surface area contributed by atoms with Crippen molar-refractivity contribution in [1.29, 1.82) is 0 Å². The van der Waals surface area contributed by atoms with Gasteiger partial charge in [-0.25, -0.2) is 26.4 Å². The lowest BCUT2D eigenvalue weighted by Gasteiger charge is -2.26. The molecule has 19 heteroatoms. The quantitative estimate of drug-likeness (QED) is 0.141. The molecule has 0 aliphatic carbocycles. The Morgan fingerprint density at radius 2 is 1.36 bits per heavy atom. The number of carboxylic acid groups (broad SMARTS) is 1. The minimum atomic E-state index is -4.75. The Bertz CT molecular complexity index is 2310. The zero-order valence-corrected chi connectivity index (χ0v) is 33.8. The topological polar surface area (TPSA) is 195 Å². The number of halogens is 1. The van der Waals surface area contributed by atoms with E-state index in [9.17, 15) is 18.3 Å². The van der Waals surface area contributed by atoms with Gasteiger partial charge in [-0.05, 0) is 99.4 Å². The number of aromatic nitrogens is 4. The van der Waals surface area contributed by atoms with Gasteiger partial charge in [0.1, 0.15) is 27.0 Å². The highest BCUT2D eigenvalue weighted by Gasteiger charge is 2.39. The molecule has 0 bridgehead atoms. The maximum absolute atomic E-state index is 15.3. The van der Waals surface area contributed by atoms with Crippen LogP contribution < -0.4 is 18.9 Å². The smallest absolute Gasteiger partial charge is 0.407 e. The molecule has 1 aliphatic heterocycles.